The number of hydrogen-bond donors (Lipinski definition) is 1. The quantitative estimate of drug-likeness (QED) is 0.225. The van der Waals surface area contributed by atoms with Gasteiger partial charge in [0.15, 0.2) is 0 Å². The lowest BCUT2D eigenvalue weighted by molar-refractivity contribution is 0.603. The number of nitrogens with one attached hydrogen (secondary N) is 1. The molecule has 4 aromatic rings. The minimum absolute atomic E-state index is 0.0590. The monoisotopic (exact) mass is 662 g/mol. The van der Waals surface area contributed by atoms with Crippen molar-refractivity contribution in [3.8, 4) is 0 Å². The van der Waals surface area contributed by atoms with Crippen LogP contribution in [0.5, 0.6) is 0 Å². The number of para-hydroxylation sites is 3. The third-order valence-corrected chi connectivity index (χ3v) is 10.7. The fourth-order valence-electron chi connectivity index (χ4n) is 8.52. The van der Waals surface area contributed by atoms with E-state index in [1.165, 1.54) is 11.3 Å². The van der Waals surface area contributed by atoms with E-state index in [9.17, 15) is 0 Å². The molecule has 10 rings (SSSR count). The molecule has 3 aliphatic carbocycles. The van der Waals surface area contributed by atoms with E-state index in [0.717, 1.165) is 33.9 Å². The molecule has 51 heavy (non-hydrogen) atoms. The third-order valence-electron chi connectivity index (χ3n) is 10.7. The van der Waals surface area contributed by atoms with Gasteiger partial charge >= 0.3 is 0 Å². The van der Waals surface area contributed by atoms with Crippen LogP contribution < -0.4 is 20.0 Å². The summed E-state index contributed by atoms with van der Waals surface area (Å²) in [6.07, 6.45) is 25.8. The van der Waals surface area contributed by atoms with Crippen molar-refractivity contribution >= 4 is 28.5 Å². The summed E-state index contributed by atoms with van der Waals surface area (Å²) in [6, 6.07) is 39.9. The zero-order valence-electron chi connectivity index (χ0n) is 28.1. The molecule has 0 amide bonds. The average molecular weight is 663 g/mol. The number of benzene rings is 4. The molecule has 6 aliphatic rings. The molecule has 1 fully saturated rings. The summed E-state index contributed by atoms with van der Waals surface area (Å²) in [5.41, 5.74) is 9.16. The molecule has 0 spiro atoms. The number of anilines is 3. The van der Waals surface area contributed by atoms with Crippen molar-refractivity contribution in [1.29, 1.82) is 0 Å². The highest BCUT2D eigenvalue weighted by atomic mass is 15.4. The van der Waals surface area contributed by atoms with Crippen LogP contribution in [0, 0.1) is 0 Å². The van der Waals surface area contributed by atoms with Gasteiger partial charge in [0.2, 0.25) is 0 Å². The van der Waals surface area contributed by atoms with Crippen molar-refractivity contribution in [2.75, 3.05) is 14.7 Å². The van der Waals surface area contributed by atoms with Gasteiger partial charge in [-0.25, -0.2) is 0 Å². The smallest absolute Gasteiger partial charge is 0.148 e. The molecule has 4 aromatic carbocycles. The van der Waals surface area contributed by atoms with Gasteiger partial charge in [0.05, 0.1) is 35.6 Å². The van der Waals surface area contributed by atoms with Crippen molar-refractivity contribution in [3.05, 3.63) is 199 Å². The summed E-state index contributed by atoms with van der Waals surface area (Å²) in [5.74, 6) is 0. The lowest BCUT2D eigenvalue weighted by atomic mass is 9.97. The van der Waals surface area contributed by atoms with Gasteiger partial charge in [0.1, 0.15) is 18.5 Å². The van der Waals surface area contributed by atoms with Gasteiger partial charge in [-0.3, -0.25) is 15.3 Å². The maximum atomic E-state index is 5.45. The van der Waals surface area contributed by atoms with E-state index in [-0.39, 0.29) is 42.7 Å². The Kier molecular flexibility index (Phi) is 7.27. The Bertz CT molecular complexity index is 2080. The summed E-state index contributed by atoms with van der Waals surface area (Å²) in [4.78, 5) is 18.4. The fraction of sp³-hybridized carbons (Fsp3) is 0.156. The molecule has 6 nitrogen and oxygen atoms in total. The van der Waals surface area contributed by atoms with Crippen molar-refractivity contribution < 1.29 is 0 Å². The van der Waals surface area contributed by atoms with Crippen LogP contribution in [0.2, 0.25) is 0 Å². The SMILES string of the molecule is C1=CC2=NC(c3cc(C4N=C5C=CC=CC5N4c4ccccc4)cc(C4NC5C=CC=CC5N4c4ccccc4)c3)N(c3ccccc3)C2C=C1. The topological polar surface area (TPSA) is 46.5 Å². The number of fused-ring (bicyclic) bond motifs is 3. The highest BCUT2D eigenvalue weighted by Crippen LogP contribution is 2.44. The van der Waals surface area contributed by atoms with Crippen molar-refractivity contribution in [2.24, 2.45) is 9.98 Å². The molecule has 1 N–H and O–H groups in total. The van der Waals surface area contributed by atoms with E-state index in [1.807, 2.05) is 0 Å². The molecule has 7 unspecified atom stereocenters. The summed E-state index contributed by atoms with van der Waals surface area (Å²) in [6.45, 7) is 0. The largest absolute Gasteiger partial charge is 0.343 e. The Morgan fingerprint density at radius 2 is 0.902 bits per heavy atom. The number of allylic oxidation sites excluding steroid dienone is 6. The molecule has 7 atom stereocenters. The lowest BCUT2D eigenvalue weighted by Gasteiger charge is -2.35. The van der Waals surface area contributed by atoms with E-state index in [1.54, 1.807) is 0 Å². The van der Waals surface area contributed by atoms with E-state index in [4.69, 9.17) is 9.98 Å². The molecule has 248 valence electrons. The van der Waals surface area contributed by atoms with Gasteiger partial charge in [-0.15, -0.1) is 0 Å². The van der Waals surface area contributed by atoms with E-state index >= 15 is 0 Å². The van der Waals surface area contributed by atoms with Crippen molar-refractivity contribution in [3.63, 3.8) is 0 Å². The van der Waals surface area contributed by atoms with Gasteiger partial charge in [-0.2, -0.15) is 0 Å². The summed E-state index contributed by atoms with van der Waals surface area (Å²) < 4.78 is 0. The Hall–Kier alpha value is -5.98. The molecule has 0 bridgehead atoms. The molecular formula is C45H38N6. The second-order valence-electron chi connectivity index (χ2n) is 13.7. The molecule has 3 aliphatic heterocycles. The summed E-state index contributed by atoms with van der Waals surface area (Å²) in [7, 11) is 0. The number of hydrogen-bond acceptors (Lipinski definition) is 6. The highest BCUT2D eigenvalue weighted by Gasteiger charge is 2.43. The van der Waals surface area contributed by atoms with Crippen LogP contribution in [0.1, 0.15) is 35.2 Å². The minimum Gasteiger partial charge on any atom is -0.343 e. The zero-order chi connectivity index (χ0) is 33.7. The molecule has 3 heterocycles. The number of rotatable bonds is 6. The van der Waals surface area contributed by atoms with E-state index in [2.05, 4.69) is 202 Å². The minimum atomic E-state index is -0.214. The van der Waals surface area contributed by atoms with Gasteiger partial charge in [-0.1, -0.05) is 115 Å². The predicted octanol–water partition coefficient (Wildman–Crippen LogP) is 8.57. The molecule has 0 saturated carbocycles. The van der Waals surface area contributed by atoms with Crippen LogP contribution >= 0.6 is 0 Å². The van der Waals surface area contributed by atoms with Crippen LogP contribution in [0.15, 0.2) is 192 Å². The highest BCUT2D eigenvalue weighted by molar-refractivity contribution is 6.07. The predicted molar refractivity (Wildman–Crippen MR) is 209 cm³/mol. The summed E-state index contributed by atoms with van der Waals surface area (Å²) >= 11 is 0. The molecule has 0 aromatic heterocycles. The van der Waals surface area contributed by atoms with Crippen LogP contribution in [-0.4, -0.2) is 35.6 Å². The van der Waals surface area contributed by atoms with Crippen molar-refractivity contribution in [1.82, 2.24) is 5.32 Å². The Labute approximate surface area is 299 Å². The van der Waals surface area contributed by atoms with Crippen LogP contribution in [0.25, 0.3) is 0 Å². The average Bonchev–Trinajstić information content (AvgIpc) is 3.91. The fourth-order valence-corrected chi connectivity index (χ4v) is 8.52. The lowest BCUT2D eigenvalue weighted by Crippen LogP contribution is -2.37. The molecule has 0 radical (unpaired) electrons. The normalized spacial score (nSPS) is 28.2. The molecule has 6 heteroatoms. The third kappa shape index (κ3) is 5.14. The van der Waals surface area contributed by atoms with Crippen LogP contribution in [0.4, 0.5) is 17.1 Å². The number of aliphatic imine (C=N–C) groups is 2. The van der Waals surface area contributed by atoms with E-state index in [0.29, 0.717) is 0 Å². The Balaban J connectivity index is 1.17. The standard InChI is InChI=1S/C45H38N6/c1-4-16-34(17-5-1)49-40-25-13-10-22-37(40)46-43(49)31-28-32(44-47-38-23-11-14-26-41(38)50(44)35-18-6-2-7-19-35)30-33(29-31)45-48-39-24-12-15-27-42(39)51(45)36-20-8-3-9-21-36/h1-30,37,40-46H. The van der Waals surface area contributed by atoms with Gasteiger partial charge in [0, 0.05) is 17.1 Å². The van der Waals surface area contributed by atoms with E-state index < -0.39 is 0 Å². The number of nitrogens with zero attached hydrogens (tertiary/aromatic N) is 5. The van der Waals surface area contributed by atoms with Crippen LogP contribution in [-0.2, 0) is 0 Å². The second-order valence-corrected chi connectivity index (χ2v) is 13.7. The summed E-state index contributed by atoms with van der Waals surface area (Å²) in [5, 5.41) is 4.02. The maximum Gasteiger partial charge on any atom is 0.148 e. The Morgan fingerprint density at radius 1 is 0.451 bits per heavy atom. The van der Waals surface area contributed by atoms with Gasteiger partial charge in [0.25, 0.3) is 0 Å². The van der Waals surface area contributed by atoms with Crippen LogP contribution in [0.3, 0.4) is 0 Å². The maximum absolute atomic E-state index is 5.45. The second kappa shape index (κ2) is 12.4. The zero-order valence-corrected chi connectivity index (χ0v) is 28.1. The first-order valence-electron chi connectivity index (χ1n) is 17.9. The first-order chi connectivity index (χ1) is 25.3. The van der Waals surface area contributed by atoms with Crippen molar-refractivity contribution in [2.45, 2.75) is 42.7 Å². The molecule has 1 saturated heterocycles. The van der Waals surface area contributed by atoms with Gasteiger partial charge in [-0.05, 0) is 83.4 Å². The molecular weight excluding hydrogens is 625 g/mol. The first-order valence-corrected chi connectivity index (χ1v) is 17.9. The Morgan fingerprint density at radius 3 is 1.43 bits per heavy atom. The first kappa shape index (κ1) is 29.9. The van der Waals surface area contributed by atoms with Gasteiger partial charge < -0.3 is 14.7 Å².